The molecule has 134 valence electrons. The van der Waals surface area contributed by atoms with E-state index in [2.05, 4.69) is 15.3 Å². The molecule has 0 fully saturated rings. The van der Waals surface area contributed by atoms with Crippen molar-refractivity contribution in [2.45, 2.75) is 45.6 Å². The van der Waals surface area contributed by atoms with E-state index in [4.69, 9.17) is 4.74 Å². The first kappa shape index (κ1) is 17.0. The molecule has 0 aliphatic heterocycles. The largest absolute Gasteiger partial charge is 0.459 e. The fourth-order valence-electron chi connectivity index (χ4n) is 3.29. The predicted molar refractivity (Wildman–Crippen MR) is 104 cm³/mol. The lowest BCUT2D eigenvalue weighted by atomic mass is 9.97. The van der Waals surface area contributed by atoms with Crippen molar-refractivity contribution in [3.8, 4) is 0 Å². The molecule has 0 bridgehead atoms. The number of anilines is 2. The van der Waals surface area contributed by atoms with Crippen LogP contribution in [-0.2, 0) is 17.6 Å². The molecule has 3 aromatic rings. The highest BCUT2D eigenvalue weighted by Crippen LogP contribution is 2.38. The average Bonchev–Trinajstić information content (AvgIpc) is 3.01. The minimum Gasteiger partial charge on any atom is -0.459 e. The molecule has 2 heterocycles. The Balaban J connectivity index is 1.61. The number of benzene rings is 1. The van der Waals surface area contributed by atoms with Gasteiger partial charge in [-0.15, -0.1) is 11.3 Å². The van der Waals surface area contributed by atoms with Gasteiger partial charge in [-0.1, -0.05) is 0 Å². The van der Waals surface area contributed by atoms with Crippen molar-refractivity contribution < 1.29 is 9.53 Å². The third-order valence-electron chi connectivity index (χ3n) is 4.48. The number of nitrogens with one attached hydrogen (secondary N) is 1. The number of aryl methyl sites for hydroxylation is 2. The van der Waals surface area contributed by atoms with Gasteiger partial charge < -0.3 is 10.1 Å². The Kier molecular flexibility index (Phi) is 4.59. The number of thiophene rings is 1. The van der Waals surface area contributed by atoms with Crippen molar-refractivity contribution in [1.29, 1.82) is 0 Å². The van der Waals surface area contributed by atoms with E-state index in [9.17, 15) is 4.79 Å². The van der Waals surface area contributed by atoms with Gasteiger partial charge in [0.2, 0.25) is 0 Å². The molecule has 0 radical (unpaired) electrons. The molecule has 4 rings (SSSR count). The number of aromatic nitrogens is 2. The third kappa shape index (κ3) is 3.29. The molecule has 1 N–H and O–H groups in total. The number of fused-ring (bicyclic) bond motifs is 3. The van der Waals surface area contributed by atoms with Crippen molar-refractivity contribution in [1.82, 2.24) is 9.97 Å². The number of hydrogen-bond acceptors (Lipinski definition) is 6. The van der Waals surface area contributed by atoms with Crippen LogP contribution in [-0.4, -0.2) is 22.0 Å². The summed E-state index contributed by atoms with van der Waals surface area (Å²) in [6, 6.07) is 7.30. The van der Waals surface area contributed by atoms with Crippen LogP contribution >= 0.6 is 11.3 Å². The van der Waals surface area contributed by atoms with E-state index in [1.165, 1.54) is 23.3 Å². The van der Waals surface area contributed by atoms with Crippen LogP contribution in [0.4, 0.5) is 11.5 Å². The molecule has 0 saturated carbocycles. The number of nitrogens with zero attached hydrogens (tertiary/aromatic N) is 2. The molecular formula is C20H21N3O2S. The summed E-state index contributed by atoms with van der Waals surface area (Å²) in [4.78, 5) is 23.4. The number of hydrogen-bond donors (Lipinski definition) is 1. The van der Waals surface area contributed by atoms with Gasteiger partial charge in [0.15, 0.2) is 0 Å². The summed E-state index contributed by atoms with van der Waals surface area (Å²) in [7, 11) is 0. The standard InChI is InChI=1S/C20H21N3O2S/c1-12(2)25-20(24)13-7-9-14(10-8-13)23-18-17-15-5-3-4-6-16(15)26-19(17)22-11-21-18/h7-12H,3-6H2,1-2H3,(H,21,22,23). The molecular weight excluding hydrogens is 346 g/mol. The van der Waals surface area contributed by atoms with Crippen LogP contribution in [0.15, 0.2) is 30.6 Å². The minimum absolute atomic E-state index is 0.126. The van der Waals surface area contributed by atoms with Crippen LogP contribution in [0.1, 0.15) is 47.5 Å². The highest BCUT2D eigenvalue weighted by atomic mass is 32.1. The third-order valence-corrected chi connectivity index (χ3v) is 5.68. The van der Waals surface area contributed by atoms with Crippen LogP contribution in [0.3, 0.4) is 0 Å². The lowest BCUT2D eigenvalue weighted by molar-refractivity contribution is 0.0378. The van der Waals surface area contributed by atoms with Gasteiger partial charge in [-0.25, -0.2) is 14.8 Å². The molecule has 0 saturated heterocycles. The summed E-state index contributed by atoms with van der Waals surface area (Å²) in [6.07, 6.45) is 6.20. The lowest BCUT2D eigenvalue weighted by Crippen LogP contribution is -2.11. The summed E-state index contributed by atoms with van der Waals surface area (Å²) in [5.41, 5.74) is 2.84. The number of carbonyl (C=O) groups is 1. The first-order valence-corrected chi connectivity index (χ1v) is 9.77. The Morgan fingerprint density at radius 2 is 1.92 bits per heavy atom. The average molecular weight is 367 g/mol. The molecule has 2 aromatic heterocycles. The van der Waals surface area contributed by atoms with Gasteiger partial charge >= 0.3 is 5.97 Å². The normalized spacial score (nSPS) is 13.7. The molecule has 6 heteroatoms. The number of ether oxygens (including phenoxy) is 1. The highest BCUT2D eigenvalue weighted by Gasteiger charge is 2.20. The van der Waals surface area contributed by atoms with Crippen LogP contribution in [0.5, 0.6) is 0 Å². The maximum Gasteiger partial charge on any atom is 0.338 e. The molecule has 1 aliphatic rings. The Bertz CT molecular complexity index is 948. The molecule has 26 heavy (non-hydrogen) atoms. The van der Waals surface area contributed by atoms with Crippen LogP contribution in [0.25, 0.3) is 10.2 Å². The van der Waals surface area contributed by atoms with E-state index in [1.54, 1.807) is 29.8 Å². The van der Waals surface area contributed by atoms with Gasteiger partial charge in [-0.05, 0) is 69.4 Å². The summed E-state index contributed by atoms with van der Waals surface area (Å²) in [5, 5.41) is 4.54. The van der Waals surface area contributed by atoms with E-state index < -0.39 is 0 Å². The lowest BCUT2D eigenvalue weighted by Gasteiger charge is -2.13. The fraction of sp³-hybridized carbons (Fsp3) is 0.350. The number of carbonyl (C=O) groups excluding carboxylic acids is 1. The molecule has 0 amide bonds. The van der Waals surface area contributed by atoms with Gasteiger partial charge in [0.25, 0.3) is 0 Å². The second kappa shape index (κ2) is 7.03. The van der Waals surface area contributed by atoms with E-state index >= 15 is 0 Å². The Morgan fingerprint density at radius 3 is 2.69 bits per heavy atom. The first-order chi connectivity index (χ1) is 12.6. The first-order valence-electron chi connectivity index (χ1n) is 8.95. The molecule has 0 unspecified atom stereocenters. The second-order valence-corrected chi connectivity index (χ2v) is 7.85. The smallest absolute Gasteiger partial charge is 0.338 e. The summed E-state index contributed by atoms with van der Waals surface area (Å²) < 4.78 is 5.23. The zero-order chi connectivity index (χ0) is 18.1. The zero-order valence-corrected chi connectivity index (χ0v) is 15.7. The number of esters is 1. The monoisotopic (exact) mass is 367 g/mol. The molecule has 0 spiro atoms. The summed E-state index contributed by atoms with van der Waals surface area (Å²) in [6.45, 7) is 3.69. The van der Waals surface area contributed by atoms with Crippen molar-refractivity contribution in [3.63, 3.8) is 0 Å². The van der Waals surface area contributed by atoms with Crippen LogP contribution < -0.4 is 5.32 Å². The molecule has 0 atom stereocenters. The van der Waals surface area contributed by atoms with Crippen molar-refractivity contribution in [2.75, 3.05) is 5.32 Å². The quantitative estimate of drug-likeness (QED) is 0.666. The Labute approximate surface area is 156 Å². The predicted octanol–water partition coefficient (Wildman–Crippen LogP) is 4.88. The van der Waals surface area contributed by atoms with Gasteiger partial charge in [0.05, 0.1) is 17.1 Å². The SMILES string of the molecule is CC(C)OC(=O)c1ccc(Nc2ncnc3sc4c(c23)CCCC4)cc1. The fourth-order valence-corrected chi connectivity index (χ4v) is 4.52. The molecule has 5 nitrogen and oxygen atoms in total. The number of rotatable bonds is 4. The van der Waals surface area contributed by atoms with Crippen LogP contribution in [0, 0.1) is 0 Å². The van der Waals surface area contributed by atoms with Crippen molar-refractivity contribution in [3.05, 3.63) is 46.6 Å². The zero-order valence-electron chi connectivity index (χ0n) is 14.9. The highest BCUT2D eigenvalue weighted by molar-refractivity contribution is 7.19. The van der Waals surface area contributed by atoms with Gasteiger partial charge in [-0.3, -0.25) is 0 Å². The Hall–Kier alpha value is -2.47. The van der Waals surface area contributed by atoms with Gasteiger partial charge in [0, 0.05) is 10.6 Å². The second-order valence-electron chi connectivity index (χ2n) is 6.77. The topological polar surface area (TPSA) is 64.1 Å². The van der Waals surface area contributed by atoms with E-state index in [1.807, 2.05) is 26.0 Å². The molecule has 1 aromatic carbocycles. The van der Waals surface area contributed by atoms with Gasteiger partial charge in [0.1, 0.15) is 17.0 Å². The minimum atomic E-state index is -0.303. The Morgan fingerprint density at radius 1 is 1.15 bits per heavy atom. The van der Waals surface area contributed by atoms with Crippen LogP contribution in [0.2, 0.25) is 0 Å². The van der Waals surface area contributed by atoms with E-state index in [0.717, 1.165) is 34.6 Å². The maximum atomic E-state index is 12.0. The van der Waals surface area contributed by atoms with Crippen molar-refractivity contribution in [2.24, 2.45) is 0 Å². The van der Waals surface area contributed by atoms with Gasteiger partial charge in [-0.2, -0.15) is 0 Å². The summed E-state index contributed by atoms with van der Waals surface area (Å²) >= 11 is 1.78. The van der Waals surface area contributed by atoms with E-state index in [-0.39, 0.29) is 12.1 Å². The molecule has 1 aliphatic carbocycles. The summed E-state index contributed by atoms with van der Waals surface area (Å²) in [5.74, 6) is 0.537. The van der Waals surface area contributed by atoms with Crippen molar-refractivity contribution >= 4 is 39.0 Å². The van der Waals surface area contributed by atoms with E-state index in [0.29, 0.717) is 5.56 Å². The maximum absolute atomic E-state index is 12.0.